The molecule has 1 aliphatic heterocycles. The number of aryl methyl sites for hydroxylation is 2. The van der Waals surface area contributed by atoms with E-state index in [1.807, 2.05) is 0 Å². The van der Waals surface area contributed by atoms with Gasteiger partial charge in [0.2, 0.25) is 5.78 Å². The minimum absolute atomic E-state index is 0.0358. The quantitative estimate of drug-likeness (QED) is 0.209. The summed E-state index contributed by atoms with van der Waals surface area (Å²) in [7, 11) is 0. The largest absolute Gasteiger partial charge is 0.508 e. The van der Waals surface area contributed by atoms with Crippen molar-refractivity contribution in [1.29, 1.82) is 0 Å². The molecule has 1 fully saturated rings. The molecule has 4 aromatic rings. The number of aromatic hydroxyl groups is 1. The lowest BCUT2D eigenvalue weighted by Gasteiger charge is -2.38. The molecule has 0 atom stereocenters. The molecule has 0 bridgehead atoms. The third-order valence-corrected chi connectivity index (χ3v) is 7.91. The topological polar surface area (TPSA) is 59.0 Å². The second-order valence-corrected chi connectivity index (χ2v) is 10.8. The summed E-state index contributed by atoms with van der Waals surface area (Å²) in [6.45, 7) is 4.23. The van der Waals surface area contributed by atoms with Crippen LogP contribution in [0.5, 0.6) is 23.0 Å². The van der Waals surface area contributed by atoms with E-state index < -0.39 is 12.5 Å². The van der Waals surface area contributed by atoms with Gasteiger partial charge < -0.3 is 14.6 Å². The zero-order valence-corrected chi connectivity index (χ0v) is 22.4. The van der Waals surface area contributed by atoms with Gasteiger partial charge in [-0.05, 0) is 79.9 Å². The third kappa shape index (κ3) is 5.60. The van der Waals surface area contributed by atoms with Crippen LogP contribution in [0.4, 0.5) is 13.2 Å². The van der Waals surface area contributed by atoms with Crippen molar-refractivity contribution in [2.45, 2.75) is 33.0 Å². The van der Waals surface area contributed by atoms with Gasteiger partial charge in [0.1, 0.15) is 40.7 Å². The van der Waals surface area contributed by atoms with Gasteiger partial charge in [-0.25, -0.2) is 8.78 Å². The second-order valence-electron chi connectivity index (χ2n) is 9.73. The molecule has 204 valence electrons. The highest BCUT2D eigenvalue weighted by molar-refractivity contribution is 7.21. The fraction of sp³-hybridized carbons (Fsp3) is 0.300. The molecule has 5 rings (SSSR count). The van der Waals surface area contributed by atoms with Crippen molar-refractivity contribution in [2.75, 3.05) is 26.3 Å². The van der Waals surface area contributed by atoms with Crippen molar-refractivity contribution < 1.29 is 32.5 Å². The average molecular weight is 556 g/mol. The van der Waals surface area contributed by atoms with E-state index in [-0.39, 0.29) is 46.3 Å². The molecule has 0 unspecified atom stereocenters. The van der Waals surface area contributed by atoms with Gasteiger partial charge in [0.15, 0.2) is 5.75 Å². The Bertz CT molecular complexity index is 1510. The fourth-order valence-corrected chi connectivity index (χ4v) is 6.00. The fourth-order valence-electron chi connectivity index (χ4n) is 4.89. The van der Waals surface area contributed by atoms with Gasteiger partial charge in [0.05, 0.1) is 6.67 Å². The highest BCUT2D eigenvalue weighted by Gasteiger charge is 2.29. The number of rotatable bonds is 10. The number of alkyl halides is 2. The van der Waals surface area contributed by atoms with Crippen LogP contribution in [0.25, 0.3) is 10.1 Å². The number of carbonyl (C=O) groups excluding carboxylic acids is 1. The maximum Gasteiger partial charge on any atom is 0.207 e. The Morgan fingerprint density at radius 2 is 1.82 bits per heavy atom. The molecule has 39 heavy (non-hydrogen) atoms. The molecular weight excluding hydrogens is 527 g/mol. The smallest absolute Gasteiger partial charge is 0.207 e. The number of benzene rings is 3. The Balaban J connectivity index is 1.46. The predicted octanol–water partition coefficient (Wildman–Crippen LogP) is 7.28. The maximum absolute atomic E-state index is 14.2. The van der Waals surface area contributed by atoms with Crippen LogP contribution in [-0.4, -0.2) is 48.2 Å². The number of hydrogen-bond acceptors (Lipinski definition) is 6. The van der Waals surface area contributed by atoms with E-state index in [9.17, 15) is 23.1 Å². The first-order valence-corrected chi connectivity index (χ1v) is 13.5. The Morgan fingerprint density at radius 1 is 1.08 bits per heavy atom. The highest BCUT2D eigenvalue weighted by Crippen LogP contribution is 2.44. The Labute approximate surface area is 228 Å². The van der Waals surface area contributed by atoms with Gasteiger partial charge in [-0.3, -0.25) is 14.1 Å². The Kier molecular flexibility index (Phi) is 7.81. The molecule has 1 aliphatic rings. The van der Waals surface area contributed by atoms with Crippen LogP contribution in [-0.2, 0) is 6.67 Å². The highest BCUT2D eigenvalue weighted by atomic mass is 32.1. The summed E-state index contributed by atoms with van der Waals surface area (Å²) < 4.78 is 53.3. The first-order chi connectivity index (χ1) is 18.8. The van der Waals surface area contributed by atoms with E-state index >= 15 is 0 Å². The first kappa shape index (κ1) is 27.0. The molecule has 1 aromatic heterocycles. The number of hydrogen-bond donors (Lipinski definition) is 1. The number of phenolic OH excluding ortho intramolecular Hbond substituents is 1. The molecule has 0 saturated carbocycles. The molecule has 0 radical (unpaired) electrons. The van der Waals surface area contributed by atoms with Crippen LogP contribution in [0.15, 0.2) is 48.5 Å². The van der Waals surface area contributed by atoms with E-state index in [4.69, 9.17) is 9.47 Å². The summed E-state index contributed by atoms with van der Waals surface area (Å²) in [6.07, 6.45) is 0.440. The number of halogens is 3. The average Bonchev–Trinajstić information content (AvgIpc) is 3.22. The molecule has 9 heteroatoms. The van der Waals surface area contributed by atoms with Crippen LogP contribution in [0.3, 0.4) is 0 Å². The number of carbonyl (C=O) groups is 1. The standard InChI is InChI=1S/C30H28F3NO4S/c1-17-10-20(33)11-18(2)27(17)28(36)30-29(24-6-4-21(35)13-26(24)39-30)38-25-7-5-22(12-19(25)14-32)37-23-15-34(16-23)9-3-8-31/h4-7,10-13,23,35H,3,8-9,14-16H2,1-2H3. The lowest BCUT2D eigenvalue weighted by molar-refractivity contribution is 0.0183. The minimum atomic E-state index is -0.817. The SMILES string of the molecule is Cc1cc(F)cc(C)c1C(=O)c1sc2cc(O)ccc2c1Oc1ccc(OC2CN(CCCF)C2)cc1CF. The molecule has 0 aliphatic carbocycles. The lowest BCUT2D eigenvalue weighted by Crippen LogP contribution is -2.53. The molecule has 1 saturated heterocycles. The van der Waals surface area contributed by atoms with Crippen molar-refractivity contribution in [2.24, 2.45) is 0 Å². The molecular formula is C30H28F3NO4S. The molecule has 0 spiro atoms. The maximum atomic E-state index is 14.2. The van der Waals surface area contributed by atoms with E-state index in [1.54, 1.807) is 38.1 Å². The van der Waals surface area contributed by atoms with Gasteiger partial charge in [0, 0.05) is 40.8 Å². The zero-order valence-electron chi connectivity index (χ0n) is 21.6. The molecule has 0 amide bonds. The van der Waals surface area contributed by atoms with Crippen molar-refractivity contribution in [3.05, 3.63) is 81.5 Å². The summed E-state index contributed by atoms with van der Waals surface area (Å²) in [4.78, 5) is 16.1. The summed E-state index contributed by atoms with van der Waals surface area (Å²) in [6, 6.07) is 12.2. The molecule has 1 N–H and O–H groups in total. The molecule has 5 nitrogen and oxygen atoms in total. The number of thiophene rings is 1. The van der Waals surface area contributed by atoms with Gasteiger partial charge in [-0.15, -0.1) is 11.3 Å². The van der Waals surface area contributed by atoms with E-state index in [2.05, 4.69) is 4.90 Å². The van der Waals surface area contributed by atoms with Crippen LogP contribution in [0.2, 0.25) is 0 Å². The first-order valence-electron chi connectivity index (χ1n) is 12.7. The Morgan fingerprint density at radius 3 is 2.51 bits per heavy atom. The Hall–Kier alpha value is -3.56. The van der Waals surface area contributed by atoms with Crippen molar-refractivity contribution in [1.82, 2.24) is 4.90 Å². The summed E-state index contributed by atoms with van der Waals surface area (Å²) in [5.41, 5.74) is 1.61. The molecule has 3 aromatic carbocycles. The normalized spacial score (nSPS) is 14.0. The monoisotopic (exact) mass is 555 g/mol. The minimum Gasteiger partial charge on any atom is -0.508 e. The summed E-state index contributed by atoms with van der Waals surface area (Å²) in [5, 5.41) is 10.6. The van der Waals surface area contributed by atoms with Crippen LogP contribution in [0, 0.1) is 19.7 Å². The molecule has 2 heterocycles. The number of likely N-dealkylation sites (tertiary alicyclic amines) is 1. The second kappa shape index (κ2) is 11.3. The van der Waals surface area contributed by atoms with Gasteiger partial charge in [-0.2, -0.15) is 0 Å². The zero-order chi connectivity index (χ0) is 27.7. The van der Waals surface area contributed by atoms with Crippen LogP contribution in [0.1, 0.15) is 38.3 Å². The van der Waals surface area contributed by atoms with Crippen LogP contribution >= 0.6 is 11.3 Å². The lowest BCUT2D eigenvalue weighted by atomic mass is 9.97. The van der Waals surface area contributed by atoms with E-state index in [0.29, 0.717) is 58.6 Å². The van der Waals surface area contributed by atoms with Gasteiger partial charge in [-0.1, -0.05) is 0 Å². The summed E-state index contributed by atoms with van der Waals surface area (Å²) >= 11 is 1.15. The number of nitrogens with zero attached hydrogens (tertiary/aromatic N) is 1. The van der Waals surface area contributed by atoms with Gasteiger partial charge in [0.25, 0.3) is 0 Å². The van der Waals surface area contributed by atoms with Crippen molar-refractivity contribution in [3.63, 3.8) is 0 Å². The van der Waals surface area contributed by atoms with Crippen molar-refractivity contribution >= 4 is 27.2 Å². The summed E-state index contributed by atoms with van der Waals surface area (Å²) in [5.74, 6) is 0.243. The number of phenols is 1. The number of ether oxygens (including phenoxy) is 2. The van der Waals surface area contributed by atoms with Gasteiger partial charge >= 0.3 is 0 Å². The predicted molar refractivity (Wildman–Crippen MR) is 146 cm³/mol. The third-order valence-electron chi connectivity index (χ3n) is 6.78. The number of ketones is 1. The van der Waals surface area contributed by atoms with Crippen LogP contribution < -0.4 is 9.47 Å². The van der Waals surface area contributed by atoms with E-state index in [1.165, 1.54) is 24.3 Å². The van der Waals surface area contributed by atoms with Crippen molar-refractivity contribution in [3.8, 4) is 23.0 Å². The van der Waals surface area contributed by atoms with E-state index in [0.717, 1.165) is 11.3 Å². The number of fused-ring (bicyclic) bond motifs is 1.